The van der Waals surface area contributed by atoms with Crippen molar-refractivity contribution in [2.75, 3.05) is 53.4 Å². The van der Waals surface area contributed by atoms with Gasteiger partial charge in [-0.05, 0) is 24.6 Å². The fraction of sp³-hybridized carbons (Fsp3) is 0.600. The van der Waals surface area contributed by atoms with Crippen molar-refractivity contribution in [3.8, 4) is 5.75 Å². The molecule has 0 bridgehead atoms. The molecule has 1 aromatic carbocycles. The van der Waals surface area contributed by atoms with Crippen LogP contribution >= 0.6 is 0 Å². The third kappa shape index (κ3) is 4.42. The number of rotatable bonds is 6. The topological polar surface area (TPSA) is 53.1 Å². The van der Waals surface area contributed by atoms with Crippen LogP contribution in [-0.2, 0) is 10.2 Å². The van der Waals surface area contributed by atoms with Crippen LogP contribution in [0.2, 0.25) is 0 Å². The predicted molar refractivity (Wildman–Crippen MR) is 87.3 cm³/mol. The molecule has 0 aromatic heterocycles. The Kier molecular flexibility index (Phi) is 5.80. The zero-order valence-electron chi connectivity index (χ0n) is 13.5. The number of ether oxygens (including phenoxy) is 1. The molecular formula is C15H25N3O3S. The van der Waals surface area contributed by atoms with Crippen molar-refractivity contribution in [2.45, 2.75) is 6.92 Å². The largest absolute Gasteiger partial charge is 0.492 e. The Morgan fingerprint density at radius 1 is 1.18 bits per heavy atom. The van der Waals surface area contributed by atoms with Crippen molar-refractivity contribution in [3.05, 3.63) is 29.8 Å². The maximum atomic E-state index is 12.0. The first-order valence-electron chi connectivity index (χ1n) is 7.49. The molecule has 0 radical (unpaired) electrons. The van der Waals surface area contributed by atoms with Crippen molar-refractivity contribution in [2.24, 2.45) is 0 Å². The third-order valence-electron chi connectivity index (χ3n) is 3.78. The van der Waals surface area contributed by atoms with E-state index in [1.807, 2.05) is 31.2 Å². The van der Waals surface area contributed by atoms with E-state index in [1.54, 1.807) is 14.1 Å². The maximum Gasteiger partial charge on any atom is 0.281 e. The summed E-state index contributed by atoms with van der Waals surface area (Å²) in [5, 5.41) is 0. The number of hydrogen-bond acceptors (Lipinski definition) is 4. The smallest absolute Gasteiger partial charge is 0.281 e. The Balaban J connectivity index is 1.74. The van der Waals surface area contributed by atoms with Gasteiger partial charge in [0.15, 0.2) is 0 Å². The molecule has 0 aliphatic carbocycles. The fourth-order valence-corrected chi connectivity index (χ4v) is 3.50. The Morgan fingerprint density at radius 2 is 1.86 bits per heavy atom. The van der Waals surface area contributed by atoms with Gasteiger partial charge in [0.2, 0.25) is 0 Å². The van der Waals surface area contributed by atoms with Crippen LogP contribution in [0, 0.1) is 6.92 Å². The molecule has 7 heteroatoms. The van der Waals surface area contributed by atoms with Gasteiger partial charge in [-0.3, -0.25) is 4.90 Å². The van der Waals surface area contributed by atoms with Gasteiger partial charge in [-0.2, -0.15) is 17.0 Å². The molecule has 2 rings (SSSR count). The van der Waals surface area contributed by atoms with Crippen molar-refractivity contribution >= 4 is 10.2 Å². The van der Waals surface area contributed by atoms with Gasteiger partial charge >= 0.3 is 0 Å². The Morgan fingerprint density at radius 3 is 2.45 bits per heavy atom. The van der Waals surface area contributed by atoms with E-state index in [2.05, 4.69) is 4.90 Å². The SMILES string of the molecule is Cc1cccc(OCCN2CCN(S(=O)(=O)N(C)C)CC2)c1. The highest BCUT2D eigenvalue weighted by Crippen LogP contribution is 2.13. The lowest BCUT2D eigenvalue weighted by Gasteiger charge is -2.34. The first-order chi connectivity index (χ1) is 10.4. The fourth-order valence-electron chi connectivity index (χ4n) is 2.41. The number of benzene rings is 1. The van der Waals surface area contributed by atoms with Gasteiger partial charge in [-0.1, -0.05) is 12.1 Å². The number of nitrogens with zero attached hydrogens (tertiary/aromatic N) is 3. The van der Waals surface area contributed by atoms with Gasteiger partial charge in [-0.25, -0.2) is 0 Å². The van der Waals surface area contributed by atoms with E-state index in [0.29, 0.717) is 19.7 Å². The molecule has 0 unspecified atom stereocenters. The van der Waals surface area contributed by atoms with E-state index < -0.39 is 10.2 Å². The molecule has 6 nitrogen and oxygen atoms in total. The van der Waals surface area contributed by atoms with Crippen LogP contribution in [0.5, 0.6) is 5.75 Å². The van der Waals surface area contributed by atoms with Gasteiger partial charge in [0.25, 0.3) is 10.2 Å². The summed E-state index contributed by atoms with van der Waals surface area (Å²) in [5.74, 6) is 0.883. The summed E-state index contributed by atoms with van der Waals surface area (Å²) in [5.41, 5.74) is 1.18. The molecule has 0 N–H and O–H groups in total. The highest BCUT2D eigenvalue weighted by molar-refractivity contribution is 7.86. The molecule has 0 atom stereocenters. The van der Waals surface area contributed by atoms with E-state index in [1.165, 1.54) is 14.2 Å². The molecular weight excluding hydrogens is 302 g/mol. The van der Waals surface area contributed by atoms with Crippen molar-refractivity contribution in [1.29, 1.82) is 0 Å². The summed E-state index contributed by atoms with van der Waals surface area (Å²) in [6, 6.07) is 7.99. The third-order valence-corrected chi connectivity index (χ3v) is 5.73. The minimum Gasteiger partial charge on any atom is -0.492 e. The van der Waals surface area contributed by atoms with E-state index in [4.69, 9.17) is 4.74 Å². The van der Waals surface area contributed by atoms with Crippen LogP contribution in [0.15, 0.2) is 24.3 Å². The summed E-state index contributed by atoms with van der Waals surface area (Å²) in [6.45, 7) is 6.01. The van der Waals surface area contributed by atoms with Crippen molar-refractivity contribution in [1.82, 2.24) is 13.5 Å². The van der Waals surface area contributed by atoms with Crippen LogP contribution in [0.4, 0.5) is 0 Å². The molecule has 22 heavy (non-hydrogen) atoms. The molecule has 1 heterocycles. The predicted octanol–water partition coefficient (Wildman–Crippen LogP) is 0.798. The standard InChI is InChI=1S/C15H25N3O3S/c1-14-5-4-6-15(13-14)21-12-11-17-7-9-18(10-8-17)22(19,20)16(2)3/h4-6,13H,7-12H2,1-3H3. The van der Waals surface area contributed by atoms with Crippen molar-refractivity contribution in [3.63, 3.8) is 0 Å². The van der Waals surface area contributed by atoms with Crippen LogP contribution in [0.25, 0.3) is 0 Å². The first-order valence-corrected chi connectivity index (χ1v) is 8.89. The normalized spacial score (nSPS) is 17.8. The molecule has 1 aliphatic rings. The molecule has 124 valence electrons. The molecule has 1 fully saturated rings. The Bertz CT molecular complexity index is 581. The van der Waals surface area contributed by atoms with Crippen LogP contribution in [0.1, 0.15) is 5.56 Å². The summed E-state index contributed by atoms with van der Waals surface area (Å²) in [7, 11) is -0.149. The zero-order chi connectivity index (χ0) is 16.2. The number of piperazine rings is 1. The molecule has 1 saturated heterocycles. The quantitative estimate of drug-likeness (QED) is 0.775. The summed E-state index contributed by atoms with van der Waals surface area (Å²) >= 11 is 0. The number of aryl methyl sites for hydroxylation is 1. The lowest BCUT2D eigenvalue weighted by molar-refractivity contribution is 0.156. The summed E-state index contributed by atoms with van der Waals surface area (Å²) in [4.78, 5) is 2.23. The zero-order valence-corrected chi connectivity index (χ0v) is 14.3. The molecule has 0 saturated carbocycles. The average Bonchev–Trinajstić information content (AvgIpc) is 2.48. The van der Waals surface area contributed by atoms with Gasteiger partial charge in [-0.15, -0.1) is 0 Å². The summed E-state index contributed by atoms with van der Waals surface area (Å²) in [6.07, 6.45) is 0. The maximum absolute atomic E-state index is 12.0. The van der Waals surface area contributed by atoms with Crippen LogP contribution in [-0.4, -0.2) is 75.4 Å². The van der Waals surface area contributed by atoms with E-state index in [-0.39, 0.29) is 0 Å². The Hall–Kier alpha value is -1.15. The Labute approximate surface area is 133 Å². The van der Waals surface area contributed by atoms with Gasteiger partial charge < -0.3 is 4.74 Å². The minimum absolute atomic E-state index is 0.533. The second-order valence-corrected chi connectivity index (χ2v) is 7.84. The lowest BCUT2D eigenvalue weighted by Crippen LogP contribution is -2.52. The first kappa shape index (κ1) is 17.2. The molecule has 0 amide bonds. The van der Waals surface area contributed by atoms with Gasteiger partial charge in [0.05, 0.1) is 0 Å². The molecule has 1 aliphatic heterocycles. The van der Waals surface area contributed by atoms with E-state index >= 15 is 0 Å². The number of hydrogen-bond donors (Lipinski definition) is 0. The van der Waals surface area contributed by atoms with Crippen LogP contribution in [0.3, 0.4) is 0 Å². The van der Waals surface area contributed by atoms with E-state index in [0.717, 1.165) is 25.4 Å². The second kappa shape index (κ2) is 7.41. The highest BCUT2D eigenvalue weighted by atomic mass is 32.2. The highest BCUT2D eigenvalue weighted by Gasteiger charge is 2.28. The minimum atomic E-state index is -3.28. The van der Waals surface area contributed by atoms with Crippen molar-refractivity contribution < 1.29 is 13.2 Å². The lowest BCUT2D eigenvalue weighted by atomic mass is 10.2. The monoisotopic (exact) mass is 327 g/mol. The molecule has 1 aromatic rings. The van der Waals surface area contributed by atoms with Gasteiger partial charge in [0.1, 0.15) is 12.4 Å². The van der Waals surface area contributed by atoms with E-state index in [9.17, 15) is 8.42 Å². The second-order valence-electron chi connectivity index (χ2n) is 5.70. The molecule has 0 spiro atoms. The van der Waals surface area contributed by atoms with Crippen LogP contribution < -0.4 is 4.74 Å². The van der Waals surface area contributed by atoms with Gasteiger partial charge in [0, 0.05) is 46.8 Å². The summed E-state index contributed by atoms with van der Waals surface area (Å²) < 4.78 is 32.6. The average molecular weight is 327 g/mol.